The Labute approximate surface area is 97.4 Å². The first-order chi connectivity index (χ1) is 7.58. The fourth-order valence-corrected chi connectivity index (χ4v) is 1.31. The number of nitriles is 1. The van der Waals surface area contributed by atoms with Crippen LogP contribution in [0.1, 0.15) is 13.3 Å². The zero-order valence-electron chi connectivity index (χ0n) is 8.51. The third-order valence-corrected chi connectivity index (χ3v) is 2.21. The van der Waals surface area contributed by atoms with Crippen LogP contribution in [-0.4, -0.2) is 11.0 Å². The van der Waals surface area contributed by atoms with Crippen LogP contribution in [0, 0.1) is 21.4 Å². The summed E-state index contributed by atoms with van der Waals surface area (Å²) in [6.07, 6.45) is -0.0389. The molecule has 0 aliphatic heterocycles. The van der Waals surface area contributed by atoms with Crippen molar-refractivity contribution in [1.82, 2.24) is 0 Å². The van der Waals surface area contributed by atoms with Crippen molar-refractivity contribution < 1.29 is 9.66 Å². The molecule has 0 aliphatic rings. The SMILES string of the molecule is CCC(C#N)Oc1ccc([N+](=O)[O-])c(Cl)c1. The maximum absolute atomic E-state index is 10.5. The molecule has 1 aromatic carbocycles. The Balaban J connectivity index is 2.90. The van der Waals surface area contributed by atoms with Gasteiger partial charge >= 0.3 is 0 Å². The summed E-state index contributed by atoms with van der Waals surface area (Å²) in [5, 5.41) is 19.2. The number of benzene rings is 1. The molecule has 0 saturated heterocycles. The molecule has 6 heteroatoms. The van der Waals surface area contributed by atoms with Crippen LogP contribution in [0.4, 0.5) is 5.69 Å². The maximum Gasteiger partial charge on any atom is 0.288 e. The highest BCUT2D eigenvalue weighted by molar-refractivity contribution is 6.32. The van der Waals surface area contributed by atoms with E-state index in [4.69, 9.17) is 21.6 Å². The van der Waals surface area contributed by atoms with E-state index in [1.54, 1.807) is 6.92 Å². The smallest absolute Gasteiger partial charge is 0.288 e. The highest BCUT2D eigenvalue weighted by Gasteiger charge is 2.14. The van der Waals surface area contributed by atoms with Crippen LogP contribution in [0.3, 0.4) is 0 Å². The van der Waals surface area contributed by atoms with E-state index in [0.29, 0.717) is 12.2 Å². The first-order valence-corrected chi connectivity index (χ1v) is 4.96. The van der Waals surface area contributed by atoms with E-state index in [2.05, 4.69) is 0 Å². The van der Waals surface area contributed by atoms with Gasteiger partial charge in [-0.3, -0.25) is 10.1 Å². The molecule has 0 aromatic heterocycles. The van der Waals surface area contributed by atoms with E-state index in [1.165, 1.54) is 18.2 Å². The fraction of sp³-hybridized carbons (Fsp3) is 0.300. The zero-order valence-corrected chi connectivity index (χ0v) is 9.27. The summed E-state index contributed by atoms with van der Waals surface area (Å²) < 4.78 is 5.26. The van der Waals surface area contributed by atoms with Crippen molar-refractivity contribution in [1.29, 1.82) is 5.26 Å². The minimum Gasteiger partial charge on any atom is -0.476 e. The number of nitrogens with zero attached hydrogens (tertiary/aromatic N) is 2. The van der Waals surface area contributed by atoms with E-state index in [1.807, 2.05) is 6.07 Å². The summed E-state index contributed by atoms with van der Waals surface area (Å²) in [5.74, 6) is 0.351. The Bertz CT molecular complexity index is 442. The lowest BCUT2D eigenvalue weighted by molar-refractivity contribution is -0.384. The molecule has 0 spiro atoms. The van der Waals surface area contributed by atoms with Gasteiger partial charge in [-0.2, -0.15) is 5.26 Å². The molecule has 16 heavy (non-hydrogen) atoms. The zero-order chi connectivity index (χ0) is 12.1. The van der Waals surface area contributed by atoms with Crippen molar-refractivity contribution >= 4 is 17.3 Å². The summed E-state index contributed by atoms with van der Waals surface area (Å²) in [6.45, 7) is 1.81. The molecular weight excluding hydrogens is 232 g/mol. The summed E-state index contributed by atoms with van der Waals surface area (Å²) in [7, 11) is 0. The summed E-state index contributed by atoms with van der Waals surface area (Å²) in [6, 6.07) is 5.96. The average molecular weight is 241 g/mol. The molecule has 0 radical (unpaired) electrons. The van der Waals surface area contributed by atoms with Crippen LogP contribution in [0.5, 0.6) is 5.75 Å². The highest BCUT2D eigenvalue weighted by atomic mass is 35.5. The molecule has 0 fully saturated rings. The third-order valence-electron chi connectivity index (χ3n) is 1.91. The molecule has 0 aliphatic carbocycles. The van der Waals surface area contributed by atoms with Gasteiger partial charge in [-0.25, -0.2) is 0 Å². The van der Waals surface area contributed by atoms with E-state index in [9.17, 15) is 10.1 Å². The number of nitro benzene ring substituents is 1. The molecule has 0 N–H and O–H groups in total. The third kappa shape index (κ3) is 2.84. The van der Waals surface area contributed by atoms with Gasteiger partial charge in [0.25, 0.3) is 5.69 Å². The Morgan fingerprint density at radius 1 is 1.69 bits per heavy atom. The van der Waals surface area contributed by atoms with Crippen LogP contribution in [0.25, 0.3) is 0 Å². The molecule has 1 unspecified atom stereocenters. The number of nitro groups is 1. The highest BCUT2D eigenvalue weighted by Crippen LogP contribution is 2.28. The second-order valence-electron chi connectivity index (χ2n) is 3.01. The maximum atomic E-state index is 10.5. The van der Waals surface area contributed by atoms with Crippen LogP contribution < -0.4 is 4.74 Å². The van der Waals surface area contributed by atoms with E-state index >= 15 is 0 Å². The van der Waals surface area contributed by atoms with Crippen LogP contribution in [0.2, 0.25) is 5.02 Å². The molecular formula is C10H9ClN2O3. The molecule has 1 aromatic rings. The van der Waals surface area contributed by atoms with Gasteiger partial charge in [-0.1, -0.05) is 18.5 Å². The fourth-order valence-electron chi connectivity index (χ4n) is 1.07. The van der Waals surface area contributed by atoms with E-state index in [0.717, 1.165) is 0 Å². The molecule has 5 nitrogen and oxygen atoms in total. The minimum atomic E-state index is -0.576. The minimum absolute atomic E-state index is 0.00436. The van der Waals surface area contributed by atoms with Crippen molar-refractivity contribution in [3.63, 3.8) is 0 Å². The van der Waals surface area contributed by atoms with Gasteiger partial charge in [0, 0.05) is 12.1 Å². The summed E-state index contributed by atoms with van der Waals surface area (Å²) in [4.78, 5) is 9.92. The van der Waals surface area contributed by atoms with Gasteiger partial charge in [0.2, 0.25) is 0 Å². The monoisotopic (exact) mass is 240 g/mol. The normalized spacial score (nSPS) is 11.6. The van der Waals surface area contributed by atoms with Crippen LogP contribution in [0.15, 0.2) is 18.2 Å². The van der Waals surface area contributed by atoms with E-state index in [-0.39, 0.29) is 10.7 Å². The Hall–Kier alpha value is -1.80. The predicted molar refractivity (Wildman–Crippen MR) is 58.4 cm³/mol. The molecule has 1 rings (SSSR count). The average Bonchev–Trinajstić information content (AvgIpc) is 2.25. The predicted octanol–water partition coefficient (Wildman–Crippen LogP) is 2.93. The molecule has 0 heterocycles. The Morgan fingerprint density at radius 3 is 2.81 bits per heavy atom. The van der Waals surface area contributed by atoms with Gasteiger partial charge in [0.15, 0.2) is 6.10 Å². The molecule has 0 bridgehead atoms. The quantitative estimate of drug-likeness (QED) is 0.599. The second-order valence-corrected chi connectivity index (χ2v) is 3.42. The topological polar surface area (TPSA) is 76.2 Å². The van der Waals surface area contributed by atoms with Crippen LogP contribution in [-0.2, 0) is 0 Å². The molecule has 84 valence electrons. The number of rotatable bonds is 4. The van der Waals surface area contributed by atoms with Gasteiger partial charge < -0.3 is 4.74 Å². The number of hydrogen-bond donors (Lipinski definition) is 0. The van der Waals surface area contributed by atoms with Crippen LogP contribution >= 0.6 is 11.6 Å². The molecule has 0 amide bonds. The van der Waals surface area contributed by atoms with Crippen molar-refractivity contribution in [2.75, 3.05) is 0 Å². The first kappa shape index (κ1) is 12.3. The lowest BCUT2D eigenvalue weighted by atomic mass is 10.3. The second kappa shape index (κ2) is 5.33. The number of ether oxygens (including phenoxy) is 1. The lowest BCUT2D eigenvalue weighted by Crippen LogP contribution is -2.12. The van der Waals surface area contributed by atoms with Crippen molar-refractivity contribution in [3.8, 4) is 11.8 Å². The largest absolute Gasteiger partial charge is 0.476 e. The summed E-state index contributed by atoms with van der Waals surface area (Å²) >= 11 is 5.69. The van der Waals surface area contributed by atoms with Gasteiger partial charge in [-0.15, -0.1) is 0 Å². The molecule has 1 atom stereocenters. The van der Waals surface area contributed by atoms with E-state index < -0.39 is 11.0 Å². The molecule has 0 saturated carbocycles. The Kier molecular flexibility index (Phi) is 4.09. The van der Waals surface area contributed by atoms with Crippen molar-refractivity contribution in [2.24, 2.45) is 0 Å². The van der Waals surface area contributed by atoms with Crippen molar-refractivity contribution in [3.05, 3.63) is 33.3 Å². The summed E-state index contributed by atoms with van der Waals surface area (Å²) in [5.41, 5.74) is -0.181. The number of hydrogen-bond acceptors (Lipinski definition) is 4. The number of halogens is 1. The van der Waals surface area contributed by atoms with Gasteiger partial charge in [0.05, 0.1) is 4.92 Å². The lowest BCUT2D eigenvalue weighted by Gasteiger charge is -2.09. The Morgan fingerprint density at radius 2 is 2.38 bits per heavy atom. The van der Waals surface area contributed by atoms with Crippen molar-refractivity contribution in [2.45, 2.75) is 19.4 Å². The van der Waals surface area contributed by atoms with Gasteiger partial charge in [0.1, 0.15) is 16.8 Å². The first-order valence-electron chi connectivity index (χ1n) is 4.58. The van der Waals surface area contributed by atoms with Gasteiger partial charge in [-0.05, 0) is 12.5 Å². The standard InChI is InChI=1S/C10H9ClN2O3/c1-2-7(6-12)16-8-3-4-10(13(14)15)9(11)5-8/h3-5,7H,2H2,1H3.